The first-order valence-corrected chi connectivity index (χ1v) is 5.64. The number of amides is 1. The molecule has 0 aliphatic rings. The van der Waals surface area contributed by atoms with Crippen molar-refractivity contribution in [2.45, 2.75) is 18.0 Å². The van der Waals surface area contributed by atoms with Gasteiger partial charge in [0.25, 0.3) is 0 Å². The number of rotatable bonds is 3. The van der Waals surface area contributed by atoms with E-state index >= 15 is 0 Å². The summed E-state index contributed by atoms with van der Waals surface area (Å²) in [5, 5.41) is 0.316. The zero-order valence-electron chi connectivity index (χ0n) is 9.54. The Morgan fingerprint density at radius 3 is 1.57 bits per heavy atom. The van der Waals surface area contributed by atoms with Gasteiger partial charge >= 0.3 is 18.0 Å². The Bertz CT molecular complexity index is 518. The van der Waals surface area contributed by atoms with Crippen molar-refractivity contribution in [3.05, 3.63) is 27.7 Å². The monoisotopic (exact) mass is 357 g/mol. The largest absolute Gasteiger partial charge is 0.435 e. The molecule has 2 nitrogen and oxygen atoms in total. The van der Waals surface area contributed by atoms with E-state index in [9.17, 15) is 35.5 Å². The zero-order valence-corrected chi connectivity index (χ0v) is 11.1. The molecule has 1 N–H and O–H groups in total. The highest BCUT2D eigenvalue weighted by atomic mass is 35.5. The summed E-state index contributed by atoms with van der Waals surface area (Å²) >= 11 is 10.8. The zero-order chi connectivity index (χ0) is 16.6. The minimum Gasteiger partial charge on any atom is -0.326 e. The van der Waals surface area contributed by atoms with Gasteiger partial charge in [0.15, 0.2) is 0 Å². The van der Waals surface area contributed by atoms with E-state index < -0.39 is 39.3 Å². The van der Waals surface area contributed by atoms with Gasteiger partial charge in [-0.3, -0.25) is 4.79 Å². The van der Waals surface area contributed by atoms with Crippen LogP contribution in [0.15, 0.2) is 12.1 Å². The minimum absolute atomic E-state index is 0.0446. The van der Waals surface area contributed by atoms with Crippen molar-refractivity contribution in [2.24, 2.45) is 0 Å². The van der Waals surface area contributed by atoms with Crippen LogP contribution in [-0.4, -0.2) is 18.8 Å². The lowest BCUT2D eigenvalue weighted by atomic mass is 9.94. The fourth-order valence-corrected chi connectivity index (χ4v) is 2.05. The van der Waals surface area contributed by atoms with Crippen LogP contribution in [0.4, 0.5) is 36.4 Å². The van der Waals surface area contributed by atoms with Crippen LogP contribution < -0.4 is 5.32 Å². The maximum atomic E-state index is 13.8. The molecule has 0 fully saturated rings. The topological polar surface area (TPSA) is 29.1 Å². The summed E-state index contributed by atoms with van der Waals surface area (Å²) < 4.78 is 89.0. The molecular formula is C10H4Cl2F7NO. The van der Waals surface area contributed by atoms with Crippen LogP contribution in [0.5, 0.6) is 0 Å². The molecule has 0 aromatic heterocycles. The third-order valence-corrected chi connectivity index (χ3v) is 3.02. The van der Waals surface area contributed by atoms with Gasteiger partial charge in [-0.15, -0.1) is 0 Å². The van der Waals surface area contributed by atoms with Crippen molar-refractivity contribution >= 4 is 35.3 Å². The normalized spacial score (nSPS) is 13.2. The number of anilines is 1. The molecule has 1 aromatic rings. The lowest BCUT2D eigenvalue weighted by Gasteiger charge is -2.30. The van der Waals surface area contributed by atoms with Gasteiger partial charge < -0.3 is 5.32 Å². The van der Waals surface area contributed by atoms with Crippen LogP contribution in [0.25, 0.3) is 0 Å². The average molecular weight is 358 g/mol. The molecule has 1 rings (SSSR count). The molecular weight excluding hydrogens is 354 g/mol. The molecule has 0 spiro atoms. The molecule has 0 saturated heterocycles. The van der Waals surface area contributed by atoms with E-state index in [0.717, 1.165) is 0 Å². The summed E-state index contributed by atoms with van der Waals surface area (Å²) in [4.78, 5) is 10.2. The number of hydrogen-bond donors (Lipinski definition) is 1. The van der Waals surface area contributed by atoms with E-state index in [0.29, 0.717) is 0 Å². The second-order valence-corrected chi connectivity index (χ2v) is 4.55. The Morgan fingerprint density at radius 1 is 0.905 bits per heavy atom. The molecule has 118 valence electrons. The van der Waals surface area contributed by atoms with Gasteiger partial charge in [0.2, 0.25) is 6.41 Å². The molecule has 1 aromatic carbocycles. The Morgan fingerprint density at radius 2 is 1.29 bits per heavy atom. The number of halogens is 9. The quantitative estimate of drug-likeness (QED) is 0.608. The summed E-state index contributed by atoms with van der Waals surface area (Å²) in [5.74, 6) is 0. The standard InChI is InChI=1S/C10H4Cl2F7NO/c11-5-1-4(2-6(12)7(5)20-3-21)8(13,9(14,15)16)10(17,18)19/h1-3H,(H,20,21). The van der Waals surface area contributed by atoms with Gasteiger partial charge in [0.1, 0.15) is 0 Å². The molecule has 1 amide bonds. The lowest BCUT2D eigenvalue weighted by Crippen LogP contribution is -2.50. The van der Waals surface area contributed by atoms with Gasteiger partial charge in [0.05, 0.1) is 15.7 Å². The first-order chi connectivity index (χ1) is 9.36. The second kappa shape index (κ2) is 5.53. The molecule has 21 heavy (non-hydrogen) atoms. The van der Waals surface area contributed by atoms with E-state index in [4.69, 9.17) is 23.2 Å². The van der Waals surface area contributed by atoms with Gasteiger partial charge in [-0.05, 0) is 12.1 Å². The van der Waals surface area contributed by atoms with Crippen molar-refractivity contribution in [3.8, 4) is 0 Å². The van der Waals surface area contributed by atoms with Crippen molar-refractivity contribution in [3.63, 3.8) is 0 Å². The van der Waals surface area contributed by atoms with Crippen LogP contribution >= 0.6 is 23.2 Å². The van der Waals surface area contributed by atoms with E-state index in [1.165, 1.54) is 0 Å². The molecule has 11 heteroatoms. The predicted molar refractivity (Wildman–Crippen MR) is 61.0 cm³/mol. The van der Waals surface area contributed by atoms with Crippen LogP contribution in [-0.2, 0) is 10.5 Å². The predicted octanol–water partition coefficient (Wildman–Crippen LogP) is 4.85. The van der Waals surface area contributed by atoms with Gasteiger partial charge in [-0.25, -0.2) is 4.39 Å². The molecule has 0 saturated carbocycles. The molecule has 0 bridgehead atoms. The lowest BCUT2D eigenvalue weighted by molar-refractivity contribution is -0.348. The minimum atomic E-state index is -6.28. The van der Waals surface area contributed by atoms with E-state index in [1.54, 1.807) is 0 Å². The summed E-state index contributed by atoms with van der Waals surface area (Å²) in [5.41, 5.74) is -7.93. The molecule has 0 radical (unpaired) electrons. The van der Waals surface area contributed by atoms with E-state index in [-0.39, 0.29) is 18.5 Å². The molecule has 0 aliphatic heterocycles. The first kappa shape index (κ1) is 17.8. The van der Waals surface area contributed by atoms with Crippen molar-refractivity contribution in [1.82, 2.24) is 0 Å². The van der Waals surface area contributed by atoms with Crippen molar-refractivity contribution < 1.29 is 35.5 Å². The smallest absolute Gasteiger partial charge is 0.326 e. The summed E-state index contributed by atoms with van der Waals surface area (Å²) in [7, 11) is 0. The highest BCUT2D eigenvalue weighted by Gasteiger charge is 2.73. The number of carbonyl (C=O) groups is 1. The highest BCUT2D eigenvalue weighted by molar-refractivity contribution is 6.39. The van der Waals surface area contributed by atoms with Crippen LogP contribution in [0.2, 0.25) is 10.0 Å². The number of benzene rings is 1. The van der Waals surface area contributed by atoms with Crippen LogP contribution in [0.3, 0.4) is 0 Å². The highest BCUT2D eigenvalue weighted by Crippen LogP contribution is 2.54. The van der Waals surface area contributed by atoms with Gasteiger partial charge in [0, 0.05) is 5.56 Å². The maximum absolute atomic E-state index is 13.8. The van der Waals surface area contributed by atoms with Crippen molar-refractivity contribution in [2.75, 3.05) is 5.32 Å². The van der Waals surface area contributed by atoms with Gasteiger partial charge in [-0.1, -0.05) is 23.2 Å². The fourth-order valence-electron chi connectivity index (χ4n) is 1.46. The van der Waals surface area contributed by atoms with Crippen LogP contribution in [0, 0.1) is 0 Å². The molecule has 0 atom stereocenters. The van der Waals surface area contributed by atoms with Crippen molar-refractivity contribution in [1.29, 1.82) is 0 Å². The number of carbonyl (C=O) groups excluding carboxylic acids is 1. The number of alkyl halides is 7. The van der Waals surface area contributed by atoms with E-state index in [2.05, 4.69) is 0 Å². The van der Waals surface area contributed by atoms with Crippen LogP contribution in [0.1, 0.15) is 5.56 Å². The molecule has 0 unspecified atom stereocenters. The third kappa shape index (κ3) is 3.03. The third-order valence-electron chi connectivity index (χ3n) is 2.42. The Balaban J connectivity index is 3.60. The summed E-state index contributed by atoms with van der Waals surface area (Å²) in [6, 6.07) is 0.195. The summed E-state index contributed by atoms with van der Waals surface area (Å²) in [6.07, 6.45) is -12.5. The Kier molecular flexibility index (Phi) is 4.69. The summed E-state index contributed by atoms with van der Waals surface area (Å²) in [6.45, 7) is 0. The molecule has 0 aliphatic carbocycles. The maximum Gasteiger partial charge on any atom is 0.435 e. The van der Waals surface area contributed by atoms with E-state index in [1.807, 2.05) is 5.32 Å². The van der Waals surface area contributed by atoms with Gasteiger partial charge in [-0.2, -0.15) is 26.3 Å². The first-order valence-electron chi connectivity index (χ1n) is 4.88. The Labute approximate surface area is 122 Å². The average Bonchev–Trinajstić information content (AvgIpc) is 2.29. The Hall–Kier alpha value is -1.22. The fraction of sp³-hybridized carbons (Fsp3) is 0.300. The number of nitrogens with one attached hydrogen (secondary N) is 1. The number of hydrogen-bond acceptors (Lipinski definition) is 1. The molecule has 0 heterocycles. The second-order valence-electron chi connectivity index (χ2n) is 3.73. The SMILES string of the molecule is O=CNc1c(Cl)cc(C(F)(C(F)(F)F)C(F)(F)F)cc1Cl.